The molecule has 8 heteroatoms. The van der Waals surface area contributed by atoms with Crippen molar-refractivity contribution in [3.05, 3.63) is 41.3 Å². The number of fused-ring (bicyclic) bond motifs is 1. The quantitative estimate of drug-likeness (QED) is 0.826. The van der Waals surface area contributed by atoms with Crippen molar-refractivity contribution in [2.75, 3.05) is 37.9 Å². The second-order valence-electron chi connectivity index (χ2n) is 5.55. The molecule has 1 aromatic heterocycles. The second-order valence-corrected chi connectivity index (χ2v) is 5.93. The molecule has 0 spiro atoms. The molecule has 2 aliphatic rings. The molecule has 0 radical (unpaired) electrons. The molecule has 7 nitrogen and oxygen atoms in total. The summed E-state index contributed by atoms with van der Waals surface area (Å²) >= 11 is 5.88. The van der Waals surface area contributed by atoms with Gasteiger partial charge in [0, 0.05) is 31.7 Å². The van der Waals surface area contributed by atoms with Gasteiger partial charge >= 0.3 is 0 Å². The van der Waals surface area contributed by atoms with Crippen molar-refractivity contribution in [3.63, 3.8) is 0 Å². The Morgan fingerprint density at radius 3 is 2.67 bits per heavy atom. The Hall–Kier alpha value is -2.54. The van der Waals surface area contributed by atoms with Crippen LogP contribution in [-0.4, -0.2) is 53.7 Å². The van der Waals surface area contributed by atoms with Crippen LogP contribution in [0.3, 0.4) is 0 Å². The Bertz CT molecular complexity index is 778. The van der Waals surface area contributed by atoms with Crippen LogP contribution in [0.4, 0.5) is 5.82 Å². The third kappa shape index (κ3) is 2.82. The number of amides is 1. The van der Waals surface area contributed by atoms with Crippen molar-refractivity contribution in [1.29, 1.82) is 0 Å². The highest BCUT2D eigenvalue weighted by molar-refractivity contribution is 6.29. The summed E-state index contributed by atoms with van der Waals surface area (Å²) in [5.74, 6) is 2.02. The zero-order chi connectivity index (χ0) is 16.5. The molecule has 4 rings (SSSR count). The summed E-state index contributed by atoms with van der Waals surface area (Å²) in [6.07, 6.45) is 3.19. The lowest BCUT2D eigenvalue weighted by Gasteiger charge is -2.35. The fourth-order valence-electron chi connectivity index (χ4n) is 2.84. The van der Waals surface area contributed by atoms with Gasteiger partial charge in [0.2, 0.25) is 6.79 Å². The number of carbonyl (C=O) groups is 1. The molecule has 0 atom stereocenters. The predicted molar refractivity (Wildman–Crippen MR) is 87.7 cm³/mol. The van der Waals surface area contributed by atoms with Crippen LogP contribution in [0.2, 0.25) is 5.15 Å². The van der Waals surface area contributed by atoms with E-state index in [1.165, 1.54) is 6.20 Å². The maximum atomic E-state index is 12.7. The summed E-state index contributed by atoms with van der Waals surface area (Å²) in [5, 5.41) is 0.367. The van der Waals surface area contributed by atoms with E-state index < -0.39 is 0 Å². The molecule has 24 heavy (non-hydrogen) atoms. The highest BCUT2D eigenvalue weighted by atomic mass is 35.5. The maximum Gasteiger partial charge on any atom is 0.254 e. The first-order valence-corrected chi connectivity index (χ1v) is 8.00. The largest absolute Gasteiger partial charge is 0.454 e. The zero-order valence-corrected chi connectivity index (χ0v) is 13.6. The molecule has 1 aromatic carbocycles. The molecule has 0 saturated carbocycles. The minimum absolute atomic E-state index is 0.00914. The number of rotatable bonds is 2. The lowest BCUT2D eigenvalue weighted by Crippen LogP contribution is -2.49. The van der Waals surface area contributed by atoms with Crippen LogP contribution in [0, 0.1) is 0 Å². The lowest BCUT2D eigenvalue weighted by molar-refractivity contribution is 0.0746. The highest BCUT2D eigenvalue weighted by Gasteiger charge is 2.24. The lowest BCUT2D eigenvalue weighted by atomic mass is 10.1. The van der Waals surface area contributed by atoms with Gasteiger partial charge in [-0.1, -0.05) is 11.6 Å². The van der Waals surface area contributed by atoms with Gasteiger partial charge in [-0.15, -0.1) is 0 Å². The van der Waals surface area contributed by atoms with Crippen LogP contribution >= 0.6 is 11.6 Å². The smallest absolute Gasteiger partial charge is 0.254 e. The van der Waals surface area contributed by atoms with Gasteiger partial charge in [-0.2, -0.15) is 0 Å². The standard InChI is InChI=1S/C16H15ClN4O3/c17-14-8-18-9-15(19-14)20-3-5-21(6-4-20)16(22)11-1-2-12-13(7-11)24-10-23-12/h1-2,7-9H,3-6,10H2. The maximum absolute atomic E-state index is 12.7. The second kappa shape index (κ2) is 6.16. The minimum atomic E-state index is -0.00914. The molecule has 0 bridgehead atoms. The molecular weight excluding hydrogens is 332 g/mol. The zero-order valence-electron chi connectivity index (χ0n) is 12.8. The monoisotopic (exact) mass is 346 g/mol. The van der Waals surface area contributed by atoms with Crippen LogP contribution in [0.15, 0.2) is 30.6 Å². The molecule has 3 heterocycles. The molecule has 2 aliphatic heterocycles. The van der Waals surface area contributed by atoms with Gasteiger partial charge in [-0.05, 0) is 18.2 Å². The number of hydrogen-bond acceptors (Lipinski definition) is 6. The van der Waals surface area contributed by atoms with Crippen molar-refractivity contribution in [3.8, 4) is 11.5 Å². The van der Waals surface area contributed by atoms with Crippen molar-refractivity contribution >= 4 is 23.3 Å². The number of ether oxygens (including phenoxy) is 2. The number of nitrogens with zero attached hydrogens (tertiary/aromatic N) is 4. The normalized spacial score (nSPS) is 16.4. The van der Waals surface area contributed by atoms with Gasteiger partial charge in [-0.25, -0.2) is 4.98 Å². The van der Waals surface area contributed by atoms with Crippen LogP contribution in [-0.2, 0) is 0 Å². The first-order chi connectivity index (χ1) is 11.7. The number of piperazine rings is 1. The molecule has 0 N–H and O–H groups in total. The highest BCUT2D eigenvalue weighted by Crippen LogP contribution is 2.32. The topological polar surface area (TPSA) is 67.8 Å². The van der Waals surface area contributed by atoms with Gasteiger partial charge < -0.3 is 19.3 Å². The van der Waals surface area contributed by atoms with Crippen LogP contribution < -0.4 is 14.4 Å². The molecule has 0 aliphatic carbocycles. The van der Waals surface area contributed by atoms with E-state index in [1.807, 2.05) is 4.90 Å². The third-order valence-corrected chi connectivity index (χ3v) is 4.28. The van der Waals surface area contributed by atoms with Gasteiger partial charge in [0.15, 0.2) is 11.5 Å². The predicted octanol–water partition coefficient (Wildman–Crippen LogP) is 1.82. The average molecular weight is 347 g/mol. The Morgan fingerprint density at radius 2 is 1.88 bits per heavy atom. The summed E-state index contributed by atoms with van der Waals surface area (Å²) < 4.78 is 10.6. The Balaban J connectivity index is 1.43. The van der Waals surface area contributed by atoms with Crippen molar-refractivity contribution in [2.45, 2.75) is 0 Å². The fourth-order valence-corrected chi connectivity index (χ4v) is 2.98. The molecule has 0 unspecified atom stereocenters. The number of aromatic nitrogens is 2. The van der Waals surface area contributed by atoms with Crippen molar-refractivity contribution in [2.24, 2.45) is 0 Å². The summed E-state index contributed by atoms with van der Waals surface area (Å²) in [5.41, 5.74) is 0.607. The van der Waals surface area contributed by atoms with Crippen molar-refractivity contribution in [1.82, 2.24) is 14.9 Å². The Labute approximate surface area is 143 Å². The molecule has 2 aromatic rings. The fraction of sp³-hybridized carbons (Fsp3) is 0.312. The minimum Gasteiger partial charge on any atom is -0.454 e. The summed E-state index contributed by atoms with van der Waals surface area (Å²) in [7, 11) is 0. The molecule has 1 fully saturated rings. The molecule has 124 valence electrons. The average Bonchev–Trinajstić information content (AvgIpc) is 3.09. The van der Waals surface area contributed by atoms with Crippen LogP contribution in [0.25, 0.3) is 0 Å². The van der Waals surface area contributed by atoms with Crippen LogP contribution in [0.5, 0.6) is 11.5 Å². The number of benzene rings is 1. The van der Waals surface area contributed by atoms with E-state index in [-0.39, 0.29) is 12.7 Å². The van der Waals surface area contributed by atoms with Crippen molar-refractivity contribution < 1.29 is 14.3 Å². The van der Waals surface area contributed by atoms with Gasteiger partial charge in [0.1, 0.15) is 11.0 Å². The summed E-state index contributed by atoms with van der Waals surface area (Å²) in [6.45, 7) is 2.80. The van der Waals surface area contributed by atoms with E-state index in [0.29, 0.717) is 48.4 Å². The van der Waals surface area contributed by atoms with Gasteiger partial charge in [0.25, 0.3) is 5.91 Å². The third-order valence-electron chi connectivity index (χ3n) is 4.10. The van der Waals surface area contributed by atoms with E-state index in [2.05, 4.69) is 14.9 Å². The first kappa shape index (κ1) is 15.0. The Kier molecular flexibility index (Phi) is 3.86. The number of anilines is 1. The van der Waals surface area contributed by atoms with E-state index in [9.17, 15) is 4.79 Å². The van der Waals surface area contributed by atoms with E-state index in [4.69, 9.17) is 21.1 Å². The van der Waals surface area contributed by atoms with Gasteiger partial charge in [0.05, 0.1) is 12.4 Å². The van der Waals surface area contributed by atoms with E-state index >= 15 is 0 Å². The number of carbonyl (C=O) groups excluding carboxylic acids is 1. The van der Waals surface area contributed by atoms with Gasteiger partial charge in [-0.3, -0.25) is 9.78 Å². The first-order valence-electron chi connectivity index (χ1n) is 7.62. The SMILES string of the molecule is O=C(c1ccc2c(c1)OCO2)N1CCN(c2cncc(Cl)n2)CC1. The van der Waals surface area contributed by atoms with Crippen LogP contribution in [0.1, 0.15) is 10.4 Å². The summed E-state index contributed by atoms with van der Waals surface area (Å²) in [6, 6.07) is 5.28. The van der Waals surface area contributed by atoms with E-state index in [0.717, 1.165) is 5.82 Å². The molecule has 1 amide bonds. The number of halogens is 1. The van der Waals surface area contributed by atoms with E-state index in [1.54, 1.807) is 24.4 Å². The Morgan fingerprint density at radius 1 is 1.08 bits per heavy atom. The summed E-state index contributed by atoms with van der Waals surface area (Å²) in [4.78, 5) is 24.9. The molecule has 1 saturated heterocycles. The number of hydrogen-bond donors (Lipinski definition) is 0. The molecular formula is C16H15ClN4O3.